The van der Waals surface area contributed by atoms with Crippen LogP contribution in [0.5, 0.6) is 0 Å². The Morgan fingerprint density at radius 1 is 1.33 bits per heavy atom. The number of carbonyl (C=O) groups is 1. The average Bonchev–Trinajstić information content (AvgIpc) is 2.38. The Hall–Kier alpha value is -1.33. The molecule has 1 heterocycles. The highest BCUT2D eigenvalue weighted by molar-refractivity contribution is 9.10. The van der Waals surface area contributed by atoms with Gasteiger partial charge in [0, 0.05) is 16.4 Å². The van der Waals surface area contributed by atoms with Gasteiger partial charge in [-0.3, -0.25) is 0 Å². The summed E-state index contributed by atoms with van der Waals surface area (Å²) in [5.41, 5.74) is 1.97. The largest absolute Gasteiger partial charge is 0.381 e. The molecule has 0 saturated carbocycles. The first-order valence-electron chi connectivity index (χ1n) is 5.83. The van der Waals surface area contributed by atoms with Crippen LogP contribution in [0, 0.1) is 0 Å². The van der Waals surface area contributed by atoms with E-state index < -0.39 is 0 Å². The zero-order valence-electron chi connectivity index (χ0n) is 9.91. The van der Waals surface area contributed by atoms with Gasteiger partial charge in [0.1, 0.15) is 0 Å². The van der Waals surface area contributed by atoms with Gasteiger partial charge in [-0.05, 0) is 36.6 Å². The molecule has 1 aliphatic rings. The number of hydrogen-bond donors (Lipinski definition) is 2. The van der Waals surface area contributed by atoms with Gasteiger partial charge in [-0.1, -0.05) is 22.0 Å². The van der Waals surface area contributed by atoms with Crippen LogP contribution in [0.1, 0.15) is 12.8 Å². The molecular formula is C13H15BrN2O2. The number of carbonyl (C=O) groups excluding carboxylic acids is 1. The number of hydrogen-bond acceptors (Lipinski definition) is 2. The fourth-order valence-corrected chi connectivity index (χ4v) is 2.08. The minimum absolute atomic E-state index is 0.230. The normalized spacial score (nSPS) is 15.1. The SMILES string of the molecule is O=C(NC=C1CCOCC1)Nc1cccc(Br)c1. The van der Waals surface area contributed by atoms with Gasteiger partial charge in [0.15, 0.2) is 0 Å². The molecule has 1 fully saturated rings. The maximum Gasteiger partial charge on any atom is 0.323 e. The Bertz CT molecular complexity index is 452. The number of nitrogens with one attached hydrogen (secondary N) is 2. The van der Waals surface area contributed by atoms with E-state index in [0.717, 1.165) is 36.2 Å². The van der Waals surface area contributed by atoms with Crippen LogP contribution in [-0.2, 0) is 4.74 Å². The van der Waals surface area contributed by atoms with Gasteiger partial charge in [-0.25, -0.2) is 4.79 Å². The molecule has 2 rings (SSSR count). The Labute approximate surface area is 115 Å². The second-order valence-corrected chi connectivity index (χ2v) is 4.94. The van der Waals surface area contributed by atoms with Gasteiger partial charge < -0.3 is 15.4 Å². The van der Waals surface area contributed by atoms with Crippen LogP contribution < -0.4 is 10.6 Å². The molecule has 0 spiro atoms. The lowest BCUT2D eigenvalue weighted by Crippen LogP contribution is -2.25. The van der Waals surface area contributed by atoms with Crippen LogP contribution in [-0.4, -0.2) is 19.2 Å². The van der Waals surface area contributed by atoms with Crippen molar-refractivity contribution in [3.63, 3.8) is 0 Å². The topological polar surface area (TPSA) is 50.4 Å². The van der Waals surface area contributed by atoms with Gasteiger partial charge in [0.25, 0.3) is 0 Å². The summed E-state index contributed by atoms with van der Waals surface area (Å²) in [6.45, 7) is 1.47. The van der Waals surface area contributed by atoms with Crippen molar-refractivity contribution in [2.75, 3.05) is 18.5 Å². The van der Waals surface area contributed by atoms with Crippen LogP contribution in [0.3, 0.4) is 0 Å². The summed E-state index contributed by atoms with van der Waals surface area (Å²) in [7, 11) is 0. The molecule has 0 radical (unpaired) electrons. The molecule has 96 valence electrons. The molecule has 2 N–H and O–H groups in total. The second-order valence-electron chi connectivity index (χ2n) is 4.02. The van der Waals surface area contributed by atoms with Crippen LogP contribution in [0.4, 0.5) is 10.5 Å². The Morgan fingerprint density at radius 3 is 2.83 bits per heavy atom. The molecule has 0 aliphatic carbocycles. The number of amides is 2. The fourth-order valence-electron chi connectivity index (χ4n) is 1.68. The van der Waals surface area contributed by atoms with E-state index in [1.807, 2.05) is 24.3 Å². The van der Waals surface area contributed by atoms with Crippen molar-refractivity contribution in [1.29, 1.82) is 0 Å². The van der Waals surface area contributed by atoms with E-state index in [0.29, 0.717) is 0 Å². The molecule has 1 aromatic carbocycles. The summed E-state index contributed by atoms with van der Waals surface area (Å²) in [5.74, 6) is 0. The Morgan fingerprint density at radius 2 is 2.11 bits per heavy atom. The number of urea groups is 1. The molecule has 0 atom stereocenters. The van der Waals surface area contributed by atoms with Gasteiger partial charge in [0.2, 0.25) is 0 Å². The lowest BCUT2D eigenvalue weighted by atomic mass is 10.1. The number of ether oxygens (including phenoxy) is 1. The first-order chi connectivity index (χ1) is 8.74. The van der Waals surface area contributed by atoms with Gasteiger partial charge in [-0.15, -0.1) is 0 Å². The average molecular weight is 311 g/mol. The first-order valence-corrected chi connectivity index (χ1v) is 6.62. The first kappa shape index (κ1) is 13.1. The van der Waals surface area contributed by atoms with Crippen LogP contribution >= 0.6 is 15.9 Å². The van der Waals surface area contributed by atoms with E-state index in [4.69, 9.17) is 4.74 Å². The fraction of sp³-hybridized carbons (Fsp3) is 0.308. The van der Waals surface area contributed by atoms with E-state index in [-0.39, 0.29) is 6.03 Å². The minimum Gasteiger partial charge on any atom is -0.381 e. The van der Waals surface area contributed by atoms with Crippen molar-refractivity contribution in [1.82, 2.24) is 5.32 Å². The van der Waals surface area contributed by atoms with Gasteiger partial charge in [0.05, 0.1) is 13.2 Å². The summed E-state index contributed by atoms with van der Waals surface area (Å²) in [6, 6.07) is 7.24. The van der Waals surface area contributed by atoms with E-state index >= 15 is 0 Å². The predicted octanol–water partition coefficient (Wildman–Crippen LogP) is 3.26. The molecule has 4 nitrogen and oxygen atoms in total. The molecular weight excluding hydrogens is 296 g/mol. The molecule has 18 heavy (non-hydrogen) atoms. The van der Waals surface area contributed by atoms with Crippen molar-refractivity contribution >= 4 is 27.6 Å². The molecule has 1 aromatic rings. The third kappa shape index (κ3) is 4.16. The third-order valence-corrected chi connectivity index (χ3v) is 3.12. The second kappa shape index (κ2) is 6.56. The quantitative estimate of drug-likeness (QED) is 0.881. The highest BCUT2D eigenvalue weighted by atomic mass is 79.9. The smallest absolute Gasteiger partial charge is 0.323 e. The maximum atomic E-state index is 11.7. The Kier molecular flexibility index (Phi) is 4.78. The highest BCUT2D eigenvalue weighted by Crippen LogP contribution is 2.15. The van der Waals surface area contributed by atoms with Crippen LogP contribution in [0.15, 0.2) is 40.5 Å². The predicted molar refractivity (Wildman–Crippen MR) is 74.4 cm³/mol. The van der Waals surface area contributed by atoms with Crippen molar-refractivity contribution in [3.8, 4) is 0 Å². The van der Waals surface area contributed by atoms with Gasteiger partial charge >= 0.3 is 6.03 Å². The van der Waals surface area contributed by atoms with E-state index in [9.17, 15) is 4.79 Å². The number of halogens is 1. The zero-order valence-corrected chi connectivity index (χ0v) is 11.5. The van der Waals surface area contributed by atoms with Crippen molar-refractivity contribution in [2.45, 2.75) is 12.8 Å². The summed E-state index contributed by atoms with van der Waals surface area (Å²) in [5, 5.41) is 5.50. The molecule has 5 heteroatoms. The standard InChI is InChI=1S/C13H15BrN2O2/c14-11-2-1-3-12(8-11)16-13(17)15-9-10-4-6-18-7-5-10/h1-3,8-9H,4-7H2,(H2,15,16,17). The Balaban J connectivity index is 1.85. The molecule has 2 amide bonds. The lowest BCUT2D eigenvalue weighted by Gasteiger charge is -2.14. The zero-order chi connectivity index (χ0) is 12.8. The number of rotatable bonds is 2. The number of anilines is 1. The molecule has 0 aromatic heterocycles. The van der Waals surface area contributed by atoms with Crippen molar-refractivity contribution < 1.29 is 9.53 Å². The highest BCUT2D eigenvalue weighted by Gasteiger charge is 2.06. The molecule has 1 aliphatic heterocycles. The number of benzene rings is 1. The summed E-state index contributed by atoms with van der Waals surface area (Å²) in [4.78, 5) is 11.7. The van der Waals surface area contributed by atoms with Crippen LogP contribution in [0.2, 0.25) is 0 Å². The van der Waals surface area contributed by atoms with E-state index in [1.54, 1.807) is 6.20 Å². The summed E-state index contributed by atoms with van der Waals surface area (Å²) < 4.78 is 6.17. The van der Waals surface area contributed by atoms with Crippen molar-refractivity contribution in [3.05, 3.63) is 40.5 Å². The lowest BCUT2D eigenvalue weighted by molar-refractivity contribution is 0.119. The van der Waals surface area contributed by atoms with E-state index in [1.165, 1.54) is 5.57 Å². The summed E-state index contributed by atoms with van der Waals surface area (Å²) >= 11 is 3.36. The third-order valence-electron chi connectivity index (χ3n) is 2.62. The molecule has 0 unspecified atom stereocenters. The monoisotopic (exact) mass is 310 g/mol. The van der Waals surface area contributed by atoms with Gasteiger partial charge in [-0.2, -0.15) is 0 Å². The minimum atomic E-state index is -0.230. The summed E-state index contributed by atoms with van der Waals surface area (Å²) in [6.07, 6.45) is 3.55. The van der Waals surface area contributed by atoms with Crippen LogP contribution in [0.25, 0.3) is 0 Å². The van der Waals surface area contributed by atoms with Crippen molar-refractivity contribution in [2.24, 2.45) is 0 Å². The molecule has 1 saturated heterocycles. The maximum absolute atomic E-state index is 11.7. The van der Waals surface area contributed by atoms with E-state index in [2.05, 4.69) is 26.6 Å². The molecule has 0 bridgehead atoms.